The molecule has 1 aromatic rings. The zero-order valence-corrected chi connectivity index (χ0v) is 9.06. The zero-order valence-electron chi connectivity index (χ0n) is 7.42. The van der Waals surface area contributed by atoms with Crippen LogP contribution in [-0.2, 0) is 6.42 Å². The minimum absolute atomic E-state index is 0.0935. The molecule has 0 aliphatic carbocycles. The first-order chi connectivity index (χ1) is 6.31. The van der Waals surface area contributed by atoms with E-state index in [0.717, 1.165) is 24.3 Å². The van der Waals surface area contributed by atoms with Crippen molar-refractivity contribution >= 4 is 29.0 Å². The van der Waals surface area contributed by atoms with E-state index in [0.29, 0.717) is 0 Å². The summed E-state index contributed by atoms with van der Waals surface area (Å²) in [6.45, 7) is 2.90. The molecule has 0 atom stereocenters. The van der Waals surface area contributed by atoms with Crippen LogP contribution in [-0.4, -0.2) is 18.2 Å². The largest absolute Gasteiger partial charge is 0.351 e. The van der Waals surface area contributed by atoms with Crippen molar-refractivity contribution in [3.05, 3.63) is 16.5 Å². The highest BCUT2D eigenvalue weighted by Gasteiger charge is 2.18. The molecule has 0 aromatic carbocycles. The van der Waals surface area contributed by atoms with Crippen LogP contribution in [0.1, 0.15) is 22.2 Å². The third-order valence-electron chi connectivity index (χ3n) is 1.96. The zero-order chi connectivity index (χ0) is 9.26. The Labute approximate surface area is 85.7 Å². The van der Waals surface area contributed by atoms with Crippen molar-refractivity contribution in [2.45, 2.75) is 17.6 Å². The fourth-order valence-corrected chi connectivity index (χ4v) is 3.59. The maximum Gasteiger partial charge on any atom is 0.253 e. The van der Waals surface area contributed by atoms with Crippen LogP contribution in [0, 0.1) is 0 Å². The fraction of sp³-hybridized carbons (Fsp3) is 0.444. The van der Waals surface area contributed by atoms with Crippen LogP contribution >= 0.6 is 23.1 Å². The number of carbonyl (C=O) groups excluding carboxylic acids is 1. The van der Waals surface area contributed by atoms with Crippen molar-refractivity contribution in [1.29, 1.82) is 0 Å². The van der Waals surface area contributed by atoms with Crippen LogP contribution in [0.5, 0.6) is 0 Å². The number of amides is 1. The van der Waals surface area contributed by atoms with E-state index < -0.39 is 0 Å². The van der Waals surface area contributed by atoms with Gasteiger partial charge in [-0.1, -0.05) is 6.92 Å². The lowest BCUT2D eigenvalue weighted by atomic mass is 10.2. The summed E-state index contributed by atoms with van der Waals surface area (Å²) in [7, 11) is 0. The fourth-order valence-electron chi connectivity index (χ4n) is 1.27. The SMILES string of the molecule is CCc1cc2c(s1)SCCNC2=O. The van der Waals surface area contributed by atoms with Gasteiger partial charge in [0.25, 0.3) is 5.91 Å². The van der Waals surface area contributed by atoms with E-state index in [4.69, 9.17) is 0 Å². The number of hydrogen-bond donors (Lipinski definition) is 1. The molecule has 0 saturated heterocycles. The Bertz CT molecular complexity index is 332. The van der Waals surface area contributed by atoms with Gasteiger partial charge >= 0.3 is 0 Å². The first-order valence-electron chi connectivity index (χ1n) is 4.35. The van der Waals surface area contributed by atoms with Gasteiger partial charge in [-0.3, -0.25) is 4.79 Å². The minimum atomic E-state index is 0.0935. The quantitative estimate of drug-likeness (QED) is 0.774. The van der Waals surface area contributed by atoms with Crippen molar-refractivity contribution in [1.82, 2.24) is 5.32 Å². The van der Waals surface area contributed by atoms with Gasteiger partial charge in [-0.05, 0) is 12.5 Å². The Morgan fingerprint density at radius 2 is 2.46 bits per heavy atom. The van der Waals surface area contributed by atoms with E-state index >= 15 is 0 Å². The van der Waals surface area contributed by atoms with Gasteiger partial charge in [-0.15, -0.1) is 23.1 Å². The van der Waals surface area contributed by atoms with Crippen LogP contribution in [0.4, 0.5) is 0 Å². The summed E-state index contributed by atoms with van der Waals surface area (Å²) < 4.78 is 1.19. The second-order valence-corrected chi connectivity index (χ2v) is 5.37. The van der Waals surface area contributed by atoms with E-state index in [1.54, 1.807) is 23.1 Å². The number of hydrogen-bond acceptors (Lipinski definition) is 3. The first kappa shape index (κ1) is 9.09. The van der Waals surface area contributed by atoms with Crippen LogP contribution in [0.15, 0.2) is 10.3 Å². The molecule has 0 bridgehead atoms. The standard InChI is InChI=1S/C9H11NOS2/c1-2-6-5-7-8(11)10-3-4-12-9(7)13-6/h5H,2-4H2,1H3,(H,10,11). The summed E-state index contributed by atoms with van der Waals surface area (Å²) in [6, 6.07) is 2.02. The lowest BCUT2D eigenvalue weighted by Gasteiger charge is -1.95. The molecule has 1 aliphatic rings. The summed E-state index contributed by atoms with van der Waals surface area (Å²) in [5.41, 5.74) is 0.879. The molecule has 13 heavy (non-hydrogen) atoms. The molecule has 2 nitrogen and oxygen atoms in total. The van der Waals surface area contributed by atoms with E-state index in [9.17, 15) is 4.79 Å². The minimum Gasteiger partial charge on any atom is -0.351 e. The predicted molar refractivity (Wildman–Crippen MR) is 56.8 cm³/mol. The highest BCUT2D eigenvalue weighted by Crippen LogP contribution is 2.33. The van der Waals surface area contributed by atoms with Crippen LogP contribution in [0.3, 0.4) is 0 Å². The second-order valence-electron chi connectivity index (χ2n) is 2.87. The van der Waals surface area contributed by atoms with E-state index in [2.05, 4.69) is 12.2 Å². The molecule has 0 spiro atoms. The number of carbonyl (C=O) groups is 1. The third kappa shape index (κ3) is 1.74. The monoisotopic (exact) mass is 213 g/mol. The Morgan fingerprint density at radius 3 is 3.23 bits per heavy atom. The Hall–Kier alpha value is -0.480. The van der Waals surface area contributed by atoms with Gasteiger partial charge in [-0.2, -0.15) is 0 Å². The highest BCUT2D eigenvalue weighted by molar-refractivity contribution is 8.01. The molecule has 1 amide bonds. The van der Waals surface area contributed by atoms with Crippen LogP contribution in [0.2, 0.25) is 0 Å². The molecule has 0 fully saturated rings. The predicted octanol–water partition coefficient (Wildman–Crippen LogP) is 2.15. The topological polar surface area (TPSA) is 29.1 Å². The molecule has 1 N–H and O–H groups in total. The van der Waals surface area contributed by atoms with Crippen molar-refractivity contribution < 1.29 is 4.79 Å². The molecule has 0 saturated carbocycles. The summed E-state index contributed by atoms with van der Waals surface area (Å²) in [4.78, 5) is 12.8. The number of fused-ring (bicyclic) bond motifs is 1. The molecule has 0 unspecified atom stereocenters. The number of rotatable bonds is 1. The molecule has 0 radical (unpaired) electrons. The van der Waals surface area contributed by atoms with Gasteiger partial charge in [0.2, 0.25) is 0 Å². The summed E-state index contributed by atoms with van der Waals surface area (Å²) in [6.07, 6.45) is 1.02. The number of aryl methyl sites for hydroxylation is 1. The van der Waals surface area contributed by atoms with Crippen molar-refractivity contribution in [2.24, 2.45) is 0 Å². The van der Waals surface area contributed by atoms with E-state index in [1.807, 2.05) is 6.07 Å². The van der Waals surface area contributed by atoms with E-state index in [-0.39, 0.29) is 5.91 Å². The highest BCUT2D eigenvalue weighted by atomic mass is 32.2. The lowest BCUT2D eigenvalue weighted by molar-refractivity contribution is 0.0955. The van der Waals surface area contributed by atoms with Crippen molar-refractivity contribution in [3.63, 3.8) is 0 Å². The van der Waals surface area contributed by atoms with Gasteiger partial charge in [0.15, 0.2) is 0 Å². The van der Waals surface area contributed by atoms with Gasteiger partial charge in [-0.25, -0.2) is 0 Å². The third-order valence-corrected chi connectivity index (χ3v) is 4.53. The molecule has 2 heterocycles. The molecule has 70 valence electrons. The molecular weight excluding hydrogens is 202 g/mol. The number of nitrogens with one attached hydrogen (secondary N) is 1. The molecule has 2 rings (SSSR count). The smallest absolute Gasteiger partial charge is 0.253 e. The summed E-state index contributed by atoms with van der Waals surface area (Å²) in [5, 5.41) is 2.89. The molecular formula is C9H11NOS2. The van der Waals surface area contributed by atoms with Crippen molar-refractivity contribution in [2.75, 3.05) is 12.3 Å². The number of thiophene rings is 1. The Kier molecular flexibility index (Phi) is 2.60. The Morgan fingerprint density at radius 1 is 1.62 bits per heavy atom. The average Bonchev–Trinajstić information content (AvgIpc) is 2.48. The molecule has 1 aromatic heterocycles. The van der Waals surface area contributed by atoms with Gasteiger partial charge in [0.05, 0.1) is 9.77 Å². The van der Waals surface area contributed by atoms with Crippen molar-refractivity contribution in [3.8, 4) is 0 Å². The maximum atomic E-state index is 11.5. The van der Waals surface area contributed by atoms with Crippen LogP contribution in [0.25, 0.3) is 0 Å². The normalized spacial score (nSPS) is 16.2. The Balaban J connectivity index is 2.39. The molecule has 4 heteroatoms. The maximum absolute atomic E-state index is 11.5. The van der Waals surface area contributed by atoms with Crippen LogP contribution < -0.4 is 5.32 Å². The van der Waals surface area contributed by atoms with Gasteiger partial charge in [0.1, 0.15) is 0 Å². The molecule has 1 aliphatic heterocycles. The van der Waals surface area contributed by atoms with Gasteiger partial charge in [0, 0.05) is 17.2 Å². The second kappa shape index (κ2) is 3.72. The number of thioether (sulfide) groups is 1. The summed E-state index contributed by atoms with van der Waals surface area (Å²) in [5.74, 6) is 1.08. The first-order valence-corrected chi connectivity index (χ1v) is 6.15. The van der Waals surface area contributed by atoms with E-state index in [1.165, 1.54) is 9.09 Å². The summed E-state index contributed by atoms with van der Waals surface area (Å²) >= 11 is 3.54. The average molecular weight is 213 g/mol. The lowest BCUT2D eigenvalue weighted by Crippen LogP contribution is -2.23. The van der Waals surface area contributed by atoms with Gasteiger partial charge < -0.3 is 5.32 Å².